The number of fused-ring (bicyclic) bond motifs is 1. The van der Waals surface area contributed by atoms with Crippen molar-refractivity contribution < 1.29 is 4.52 Å². The fourth-order valence-corrected chi connectivity index (χ4v) is 1.76. The van der Waals surface area contributed by atoms with Crippen LogP contribution in [0.3, 0.4) is 0 Å². The topological polar surface area (TPSA) is 38.1 Å². The van der Waals surface area contributed by atoms with Crippen LogP contribution in [0.15, 0.2) is 4.52 Å². The summed E-state index contributed by atoms with van der Waals surface area (Å²) in [7, 11) is 1.98. The van der Waals surface area contributed by atoms with Crippen LogP contribution >= 0.6 is 0 Å². The van der Waals surface area contributed by atoms with Gasteiger partial charge in [0.15, 0.2) is 0 Å². The first kappa shape index (κ1) is 6.85. The van der Waals surface area contributed by atoms with Crippen molar-refractivity contribution in [2.24, 2.45) is 0 Å². The van der Waals surface area contributed by atoms with Crippen LogP contribution in [0.2, 0.25) is 0 Å². The number of hydrogen-bond acceptors (Lipinski definition) is 3. The van der Waals surface area contributed by atoms with Crippen molar-refractivity contribution in [3.05, 3.63) is 17.0 Å². The van der Waals surface area contributed by atoms with Crippen LogP contribution in [0.25, 0.3) is 0 Å². The largest absolute Gasteiger partial charge is 0.361 e. The highest BCUT2D eigenvalue weighted by atomic mass is 16.5. The van der Waals surface area contributed by atoms with E-state index in [-0.39, 0.29) is 0 Å². The molecule has 1 aromatic rings. The van der Waals surface area contributed by atoms with Gasteiger partial charge < -0.3 is 9.84 Å². The lowest BCUT2D eigenvalue weighted by Gasteiger charge is -2.06. The van der Waals surface area contributed by atoms with Crippen LogP contribution in [0, 0.1) is 6.92 Å². The maximum absolute atomic E-state index is 5.15. The van der Waals surface area contributed by atoms with Crippen LogP contribution in [-0.2, 0) is 6.42 Å². The Bertz CT molecular complexity index is 267. The summed E-state index contributed by atoms with van der Waals surface area (Å²) in [6, 6.07) is 0.469. The van der Waals surface area contributed by atoms with Gasteiger partial charge in [0.25, 0.3) is 0 Å². The molecule has 0 fully saturated rings. The molecular formula is C8H12N2O. The summed E-state index contributed by atoms with van der Waals surface area (Å²) in [5, 5.41) is 7.17. The SMILES string of the molecule is CNC1CCc2onc(C)c21. The van der Waals surface area contributed by atoms with E-state index in [1.807, 2.05) is 14.0 Å². The summed E-state index contributed by atoms with van der Waals surface area (Å²) in [6.07, 6.45) is 2.18. The van der Waals surface area contributed by atoms with Gasteiger partial charge in [-0.3, -0.25) is 0 Å². The standard InChI is InChI=1S/C8H12N2O/c1-5-8-6(9-2)3-4-7(8)11-10-5/h6,9H,3-4H2,1-2H3. The molecule has 1 aromatic heterocycles. The normalized spacial score (nSPS) is 22.2. The highest BCUT2D eigenvalue weighted by molar-refractivity contribution is 5.30. The van der Waals surface area contributed by atoms with Crippen LogP contribution < -0.4 is 5.32 Å². The maximum Gasteiger partial charge on any atom is 0.141 e. The lowest BCUT2D eigenvalue weighted by Crippen LogP contribution is -2.13. The Labute approximate surface area is 65.8 Å². The van der Waals surface area contributed by atoms with E-state index in [2.05, 4.69) is 10.5 Å². The molecule has 1 heterocycles. The monoisotopic (exact) mass is 152 g/mol. The third kappa shape index (κ3) is 0.878. The zero-order valence-corrected chi connectivity index (χ0v) is 6.85. The van der Waals surface area contributed by atoms with Crippen molar-refractivity contribution in [2.45, 2.75) is 25.8 Å². The molecule has 1 unspecified atom stereocenters. The number of rotatable bonds is 1. The second-order valence-electron chi connectivity index (χ2n) is 2.98. The van der Waals surface area contributed by atoms with E-state index in [1.54, 1.807) is 0 Å². The van der Waals surface area contributed by atoms with E-state index in [0.29, 0.717) is 6.04 Å². The van der Waals surface area contributed by atoms with Gasteiger partial charge in [-0.25, -0.2) is 0 Å². The average Bonchev–Trinajstić information content (AvgIpc) is 2.54. The van der Waals surface area contributed by atoms with Gasteiger partial charge in [-0.2, -0.15) is 0 Å². The minimum absolute atomic E-state index is 0.469. The van der Waals surface area contributed by atoms with Crippen molar-refractivity contribution >= 4 is 0 Å². The second-order valence-corrected chi connectivity index (χ2v) is 2.98. The Morgan fingerprint density at radius 2 is 2.45 bits per heavy atom. The van der Waals surface area contributed by atoms with E-state index in [4.69, 9.17) is 4.52 Å². The number of aromatic nitrogens is 1. The molecule has 1 atom stereocenters. The fourth-order valence-electron chi connectivity index (χ4n) is 1.76. The minimum atomic E-state index is 0.469. The molecule has 0 saturated carbocycles. The van der Waals surface area contributed by atoms with Crippen molar-refractivity contribution in [1.82, 2.24) is 10.5 Å². The Hall–Kier alpha value is -0.830. The zero-order chi connectivity index (χ0) is 7.84. The maximum atomic E-state index is 5.15. The van der Waals surface area contributed by atoms with E-state index < -0.39 is 0 Å². The molecule has 0 aliphatic heterocycles. The highest BCUT2D eigenvalue weighted by Gasteiger charge is 2.27. The van der Waals surface area contributed by atoms with Crippen molar-refractivity contribution in [2.75, 3.05) is 7.05 Å². The molecule has 0 amide bonds. The van der Waals surface area contributed by atoms with Crippen molar-refractivity contribution in [3.8, 4) is 0 Å². The van der Waals surface area contributed by atoms with Gasteiger partial charge in [-0.05, 0) is 20.4 Å². The zero-order valence-electron chi connectivity index (χ0n) is 6.85. The molecule has 0 bridgehead atoms. The smallest absolute Gasteiger partial charge is 0.141 e. The average molecular weight is 152 g/mol. The van der Waals surface area contributed by atoms with Crippen molar-refractivity contribution in [1.29, 1.82) is 0 Å². The van der Waals surface area contributed by atoms with E-state index >= 15 is 0 Å². The number of hydrogen-bond donors (Lipinski definition) is 1. The molecule has 0 aromatic carbocycles. The lowest BCUT2D eigenvalue weighted by molar-refractivity contribution is 0.380. The summed E-state index contributed by atoms with van der Waals surface area (Å²) in [5.74, 6) is 1.07. The summed E-state index contributed by atoms with van der Waals surface area (Å²) >= 11 is 0. The minimum Gasteiger partial charge on any atom is -0.361 e. The summed E-state index contributed by atoms with van der Waals surface area (Å²) in [5.41, 5.74) is 2.32. The molecule has 60 valence electrons. The van der Waals surface area contributed by atoms with Crippen LogP contribution in [0.5, 0.6) is 0 Å². The highest BCUT2D eigenvalue weighted by Crippen LogP contribution is 2.32. The summed E-state index contributed by atoms with van der Waals surface area (Å²) in [6.45, 7) is 2.00. The van der Waals surface area contributed by atoms with Gasteiger partial charge in [0, 0.05) is 18.0 Å². The van der Waals surface area contributed by atoms with E-state index in [0.717, 1.165) is 24.3 Å². The van der Waals surface area contributed by atoms with Crippen LogP contribution in [0.4, 0.5) is 0 Å². The molecule has 0 saturated heterocycles. The molecule has 2 rings (SSSR count). The van der Waals surface area contributed by atoms with Gasteiger partial charge in [-0.15, -0.1) is 0 Å². The summed E-state index contributed by atoms with van der Waals surface area (Å²) < 4.78 is 5.15. The number of nitrogens with one attached hydrogen (secondary N) is 1. The van der Waals surface area contributed by atoms with Gasteiger partial charge >= 0.3 is 0 Å². The lowest BCUT2D eigenvalue weighted by atomic mass is 10.1. The molecular weight excluding hydrogens is 140 g/mol. The molecule has 11 heavy (non-hydrogen) atoms. The van der Waals surface area contributed by atoms with E-state index in [9.17, 15) is 0 Å². The molecule has 1 aliphatic rings. The third-order valence-electron chi connectivity index (χ3n) is 2.34. The molecule has 0 radical (unpaired) electrons. The Morgan fingerprint density at radius 1 is 1.64 bits per heavy atom. The number of nitrogens with zero attached hydrogens (tertiary/aromatic N) is 1. The fraction of sp³-hybridized carbons (Fsp3) is 0.625. The first-order chi connectivity index (χ1) is 5.33. The molecule has 0 spiro atoms. The predicted octanol–water partition coefficient (Wildman–Crippen LogP) is 1.19. The number of aryl methyl sites for hydroxylation is 2. The molecule has 3 heteroatoms. The Kier molecular flexibility index (Phi) is 1.46. The van der Waals surface area contributed by atoms with Gasteiger partial charge in [0.1, 0.15) is 5.76 Å². The first-order valence-electron chi connectivity index (χ1n) is 3.95. The summed E-state index contributed by atoms with van der Waals surface area (Å²) in [4.78, 5) is 0. The first-order valence-corrected chi connectivity index (χ1v) is 3.95. The quantitative estimate of drug-likeness (QED) is 0.656. The van der Waals surface area contributed by atoms with Crippen LogP contribution in [0.1, 0.15) is 29.5 Å². The molecule has 3 nitrogen and oxygen atoms in total. The second kappa shape index (κ2) is 2.34. The van der Waals surface area contributed by atoms with Gasteiger partial charge in [-0.1, -0.05) is 5.16 Å². The predicted molar refractivity (Wildman–Crippen MR) is 41.4 cm³/mol. The Balaban J connectivity index is 2.42. The van der Waals surface area contributed by atoms with E-state index in [1.165, 1.54) is 5.56 Å². The molecule has 1 N–H and O–H groups in total. The third-order valence-corrected chi connectivity index (χ3v) is 2.34. The molecule has 1 aliphatic carbocycles. The Morgan fingerprint density at radius 3 is 3.18 bits per heavy atom. The van der Waals surface area contributed by atoms with Gasteiger partial charge in [0.2, 0.25) is 0 Å². The van der Waals surface area contributed by atoms with Crippen molar-refractivity contribution in [3.63, 3.8) is 0 Å². The van der Waals surface area contributed by atoms with Crippen LogP contribution in [-0.4, -0.2) is 12.2 Å². The van der Waals surface area contributed by atoms with Gasteiger partial charge in [0.05, 0.1) is 5.69 Å².